The molecule has 2 aromatic carbocycles. The zero-order chi connectivity index (χ0) is 14.8. The van der Waals surface area contributed by atoms with Crippen molar-refractivity contribution in [2.24, 2.45) is 0 Å². The second-order valence-corrected chi connectivity index (χ2v) is 4.98. The predicted molar refractivity (Wildman–Crippen MR) is 76.4 cm³/mol. The van der Waals surface area contributed by atoms with Gasteiger partial charge in [0.25, 0.3) is 0 Å². The maximum atomic E-state index is 12.5. The molecule has 6 heteroatoms. The standard InChI is InChI=1S/C15H12ClF2NO2/c16-9-5-6-13-11(7-9)19-8-14(20-13)10-3-1-2-4-12(10)21-15(17)18/h1-7,14-15,19H,8H2. The number of hydrogen-bond acceptors (Lipinski definition) is 3. The van der Waals surface area contributed by atoms with Gasteiger partial charge in [0.05, 0.1) is 12.2 Å². The second kappa shape index (κ2) is 5.77. The van der Waals surface area contributed by atoms with E-state index in [4.69, 9.17) is 16.3 Å². The third kappa shape index (κ3) is 3.03. The van der Waals surface area contributed by atoms with Gasteiger partial charge < -0.3 is 14.8 Å². The van der Waals surface area contributed by atoms with Crippen molar-refractivity contribution in [2.45, 2.75) is 12.7 Å². The lowest BCUT2D eigenvalue weighted by Crippen LogP contribution is -2.24. The molecule has 3 rings (SSSR count). The van der Waals surface area contributed by atoms with E-state index in [0.717, 1.165) is 5.69 Å². The van der Waals surface area contributed by atoms with Crippen molar-refractivity contribution in [3.8, 4) is 11.5 Å². The van der Waals surface area contributed by atoms with Gasteiger partial charge in [-0.25, -0.2) is 0 Å². The minimum atomic E-state index is -2.87. The van der Waals surface area contributed by atoms with E-state index in [2.05, 4.69) is 10.1 Å². The summed E-state index contributed by atoms with van der Waals surface area (Å²) < 4.78 is 35.3. The number of benzene rings is 2. The first kappa shape index (κ1) is 13.9. The zero-order valence-corrected chi connectivity index (χ0v) is 11.6. The van der Waals surface area contributed by atoms with Crippen LogP contribution in [0.4, 0.5) is 14.5 Å². The molecule has 1 aliphatic heterocycles. The molecule has 1 N–H and O–H groups in total. The average molecular weight is 312 g/mol. The van der Waals surface area contributed by atoms with Gasteiger partial charge in [0.2, 0.25) is 0 Å². The summed E-state index contributed by atoms with van der Waals surface area (Å²) in [5.41, 5.74) is 1.36. The van der Waals surface area contributed by atoms with Crippen LogP contribution in [0.5, 0.6) is 11.5 Å². The maximum Gasteiger partial charge on any atom is 0.387 e. The van der Waals surface area contributed by atoms with E-state index in [1.807, 2.05) is 0 Å². The Balaban J connectivity index is 1.88. The summed E-state index contributed by atoms with van der Waals surface area (Å²) in [6.07, 6.45) is -0.409. The number of alkyl halides is 2. The van der Waals surface area contributed by atoms with E-state index in [9.17, 15) is 8.78 Å². The summed E-state index contributed by atoms with van der Waals surface area (Å²) in [7, 11) is 0. The van der Waals surface area contributed by atoms with Gasteiger partial charge in [-0.3, -0.25) is 0 Å². The number of para-hydroxylation sites is 1. The van der Waals surface area contributed by atoms with Gasteiger partial charge in [-0.15, -0.1) is 0 Å². The SMILES string of the molecule is FC(F)Oc1ccccc1C1CNc2cc(Cl)ccc2O1. The first-order chi connectivity index (χ1) is 10.1. The second-order valence-electron chi connectivity index (χ2n) is 4.54. The number of fused-ring (bicyclic) bond motifs is 1. The summed E-state index contributed by atoms with van der Waals surface area (Å²) in [5.74, 6) is 0.749. The highest BCUT2D eigenvalue weighted by molar-refractivity contribution is 6.30. The van der Waals surface area contributed by atoms with Crippen LogP contribution in [0.1, 0.15) is 11.7 Å². The summed E-state index contributed by atoms with van der Waals surface area (Å²) in [5, 5.41) is 3.78. The first-order valence-electron chi connectivity index (χ1n) is 6.37. The van der Waals surface area contributed by atoms with Gasteiger partial charge in [-0.2, -0.15) is 8.78 Å². The van der Waals surface area contributed by atoms with Crippen molar-refractivity contribution in [1.82, 2.24) is 0 Å². The lowest BCUT2D eigenvalue weighted by atomic mass is 10.1. The molecule has 110 valence electrons. The molecule has 3 nitrogen and oxygen atoms in total. The molecule has 0 saturated heterocycles. The number of nitrogens with one attached hydrogen (secondary N) is 1. The third-order valence-corrected chi connectivity index (χ3v) is 3.41. The molecular weight excluding hydrogens is 300 g/mol. The van der Waals surface area contributed by atoms with Crippen molar-refractivity contribution in [1.29, 1.82) is 0 Å². The number of halogens is 3. The van der Waals surface area contributed by atoms with E-state index in [-0.39, 0.29) is 5.75 Å². The number of hydrogen-bond donors (Lipinski definition) is 1. The molecule has 21 heavy (non-hydrogen) atoms. The Kier molecular flexibility index (Phi) is 3.84. The quantitative estimate of drug-likeness (QED) is 0.906. The molecule has 1 unspecified atom stereocenters. The number of ether oxygens (including phenoxy) is 2. The predicted octanol–water partition coefficient (Wildman–Crippen LogP) is 4.49. The Labute approximate surface area is 125 Å². The third-order valence-electron chi connectivity index (χ3n) is 3.17. The summed E-state index contributed by atoms with van der Waals surface area (Å²) >= 11 is 5.91. The summed E-state index contributed by atoms with van der Waals surface area (Å²) in [6, 6.07) is 11.8. The van der Waals surface area contributed by atoms with Gasteiger partial charge in [-0.05, 0) is 24.3 Å². The molecule has 0 radical (unpaired) electrons. The normalized spacial score (nSPS) is 16.9. The monoisotopic (exact) mass is 311 g/mol. The van der Waals surface area contributed by atoms with Gasteiger partial charge >= 0.3 is 6.61 Å². The van der Waals surface area contributed by atoms with E-state index in [0.29, 0.717) is 22.9 Å². The van der Waals surface area contributed by atoms with E-state index >= 15 is 0 Å². The number of anilines is 1. The largest absolute Gasteiger partial charge is 0.482 e. The van der Waals surface area contributed by atoms with Crippen molar-refractivity contribution < 1.29 is 18.3 Å². The van der Waals surface area contributed by atoms with E-state index < -0.39 is 12.7 Å². The van der Waals surface area contributed by atoms with Crippen molar-refractivity contribution in [2.75, 3.05) is 11.9 Å². The molecular formula is C15H12ClF2NO2. The molecule has 0 bridgehead atoms. The van der Waals surface area contributed by atoms with E-state index in [1.54, 1.807) is 36.4 Å². The highest BCUT2D eigenvalue weighted by Crippen LogP contribution is 2.38. The van der Waals surface area contributed by atoms with Crippen LogP contribution in [-0.2, 0) is 0 Å². The fourth-order valence-electron chi connectivity index (χ4n) is 2.26. The Morgan fingerprint density at radius 3 is 2.86 bits per heavy atom. The Bertz CT molecular complexity index is 651. The molecule has 1 heterocycles. The fourth-order valence-corrected chi connectivity index (χ4v) is 2.44. The van der Waals surface area contributed by atoms with Crippen LogP contribution in [0.2, 0.25) is 5.02 Å². The molecule has 0 amide bonds. The van der Waals surface area contributed by atoms with Crippen molar-refractivity contribution in [3.63, 3.8) is 0 Å². The fraction of sp³-hybridized carbons (Fsp3) is 0.200. The van der Waals surface area contributed by atoms with Crippen LogP contribution >= 0.6 is 11.6 Å². The highest BCUT2D eigenvalue weighted by atomic mass is 35.5. The minimum Gasteiger partial charge on any atom is -0.482 e. The smallest absolute Gasteiger partial charge is 0.387 e. The van der Waals surface area contributed by atoms with Gasteiger partial charge in [-0.1, -0.05) is 29.8 Å². The highest BCUT2D eigenvalue weighted by Gasteiger charge is 2.24. The minimum absolute atomic E-state index is 0.122. The molecule has 2 aromatic rings. The van der Waals surface area contributed by atoms with E-state index in [1.165, 1.54) is 6.07 Å². The van der Waals surface area contributed by atoms with Crippen LogP contribution in [0.15, 0.2) is 42.5 Å². The van der Waals surface area contributed by atoms with Gasteiger partial charge in [0.1, 0.15) is 17.6 Å². The molecule has 1 aliphatic rings. The molecule has 0 aromatic heterocycles. The van der Waals surface area contributed by atoms with Crippen LogP contribution in [-0.4, -0.2) is 13.2 Å². The molecule has 0 spiro atoms. The Hall–Kier alpha value is -2.01. The summed E-state index contributed by atoms with van der Waals surface area (Å²) in [4.78, 5) is 0. The van der Waals surface area contributed by atoms with Crippen LogP contribution in [0.25, 0.3) is 0 Å². The van der Waals surface area contributed by atoms with Gasteiger partial charge in [0.15, 0.2) is 0 Å². The topological polar surface area (TPSA) is 30.5 Å². The maximum absolute atomic E-state index is 12.5. The van der Waals surface area contributed by atoms with Crippen molar-refractivity contribution >= 4 is 17.3 Å². The van der Waals surface area contributed by atoms with Crippen molar-refractivity contribution in [3.05, 3.63) is 53.1 Å². The summed E-state index contributed by atoms with van der Waals surface area (Å²) in [6.45, 7) is -2.43. The Morgan fingerprint density at radius 1 is 1.24 bits per heavy atom. The van der Waals surface area contributed by atoms with Crippen LogP contribution in [0.3, 0.4) is 0 Å². The van der Waals surface area contributed by atoms with Gasteiger partial charge in [0, 0.05) is 10.6 Å². The lowest BCUT2D eigenvalue weighted by Gasteiger charge is -2.28. The Morgan fingerprint density at radius 2 is 2.05 bits per heavy atom. The number of rotatable bonds is 3. The van der Waals surface area contributed by atoms with Crippen LogP contribution in [0, 0.1) is 0 Å². The lowest BCUT2D eigenvalue weighted by molar-refractivity contribution is -0.0513. The molecule has 0 fully saturated rings. The molecule has 0 aliphatic carbocycles. The first-order valence-corrected chi connectivity index (χ1v) is 6.75. The molecule has 0 saturated carbocycles. The molecule has 1 atom stereocenters. The van der Waals surface area contributed by atoms with Crippen LogP contribution < -0.4 is 14.8 Å². The zero-order valence-electron chi connectivity index (χ0n) is 10.9. The average Bonchev–Trinajstić information content (AvgIpc) is 2.47.